The molecule has 1 saturated carbocycles. The average Bonchev–Trinajstić information content (AvgIpc) is 2.33. The van der Waals surface area contributed by atoms with Crippen LogP contribution in [-0.4, -0.2) is 54.2 Å². The minimum Gasteiger partial charge on any atom is -0.481 e. The molecule has 1 amide bonds. The zero-order valence-corrected chi connectivity index (χ0v) is 11.1. The summed E-state index contributed by atoms with van der Waals surface area (Å²) in [4.78, 5) is 24.9. The number of carboxylic acids is 1. The molecule has 1 atom stereocenters. The Morgan fingerprint density at radius 1 is 1.42 bits per heavy atom. The number of nitrogens with zero attached hydrogens (tertiary/aromatic N) is 1. The Morgan fingerprint density at radius 2 is 2.16 bits per heavy atom. The molecular weight excluding hydrogens is 248 g/mol. The molecule has 1 aliphatic heterocycles. The molecule has 108 valence electrons. The van der Waals surface area contributed by atoms with E-state index in [0.717, 1.165) is 19.3 Å². The molecule has 2 rings (SSSR count). The van der Waals surface area contributed by atoms with Gasteiger partial charge in [0, 0.05) is 13.0 Å². The second-order valence-corrected chi connectivity index (χ2v) is 5.65. The lowest BCUT2D eigenvalue weighted by Gasteiger charge is -2.43. The summed E-state index contributed by atoms with van der Waals surface area (Å²) in [6.45, 7) is 1.81. The summed E-state index contributed by atoms with van der Waals surface area (Å²) in [5.41, 5.74) is 5.73. The number of ether oxygens (including phenoxy) is 1. The lowest BCUT2D eigenvalue weighted by Crippen LogP contribution is -2.52. The number of amides is 1. The van der Waals surface area contributed by atoms with Gasteiger partial charge in [-0.3, -0.25) is 9.59 Å². The highest BCUT2D eigenvalue weighted by Gasteiger charge is 2.40. The van der Waals surface area contributed by atoms with E-state index in [1.54, 1.807) is 4.90 Å². The quantitative estimate of drug-likeness (QED) is 0.745. The maximum Gasteiger partial charge on any atom is 0.305 e. The highest BCUT2D eigenvalue weighted by Crippen LogP contribution is 2.43. The van der Waals surface area contributed by atoms with E-state index in [1.165, 1.54) is 0 Å². The smallest absolute Gasteiger partial charge is 0.305 e. The van der Waals surface area contributed by atoms with Gasteiger partial charge in [-0.2, -0.15) is 0 Å². The van der Waals surface area contributed by atoms with Crippen LogP contribution in [0.1, 0.15) is 32.1 Å². The van der Waals surface area contributed by atoms with Gasteiger partial charge in [-0.15, -0.1) is 0 Å². The molecule has 1 saturated heterocycles. The van der Waals surface area contributed by atoms with Crippen LogP contribution < -0.4 is 5.73 Å². The largest absolute Gasteiger partial charge is 0.481 e. The SMILES string of the molecule is NCC1(CC(=O)N2CCOCC2CC(=O)O)CCC1. The molecule has 1 unspecified atom stereocenters. The van der Waals surface area contributed by atoms with Crippen LogP contribution in [0, 0.1) is 5.41 Å². The van der Waals surface area contributed by atoms with Gasteiger partial charge in [0.2, 0.25) is 5.91 Å². The number of carboxylic acid groups (broad SMARTS) is 1. The predicted molar refractivity (Wildman–Crippen MR) is 68.5 cm³/mol. The van der Waals surface area contributed by atoms with Crippen molar-refractivity contribution in [2.24, 2.45) is 11.1 Å². The van der Waals surface area contributed by atoms with Crippen molar-refractivity contribution in [3.63, 3.8) is 0 Å². The fourth-order valence-electron chi connectivity index (χ4n) is 2.91. The van der Waals surface area contributed by atoms with Crippen molar-refractivity contribution in [2.75, 3.05) is 26.3 Å². The standard InChI is InChI=1S/C13H22N2O4/c14-9-13(2-1-3-13)7-11(16)15-4-5-19-8-10(15)6-12(17)18/h10H,1-9,14H2,(H,17,18). The summed E-state index contributed by atoms with van der Waals surface area (Å²) in [5, 5.41) is 8.89. The minimum absolute atomic E-state index is 0.0275. The van der Waals surface area contributed by atoms with Crippen molar-refractivity contribution in [1.82, 2.24) is 4.90 Å². The third-order valence-electron chi connectivity index (χ3n) is 4.33. The normalized spacial score (nSPS) is 25.7. The number of carbonyl (C=O) groups is 2. The van der Waals surface area contributed by atoms with Gasteiger partial charge in [-0.25, -0.2) is 0 Å². The zero-order chi connectivity index (χ0) is 13.9. The van der Waals surface area contributed by atoms with Crippen LogP contribution in [0.15, 0.2) is 0 Å². The summed E-state index contributed by atoms with van der Waals surface area (Å²) >= 11 is 0. The van der Waals surface area contributed by atoms with Crippen LogP contribution in [0.5, 0.6) is 0 Å². The Balaban J connectivity index is 1.96. The number of aliphatic carboxylic acids is 1. The Kier molecular flexibility index (Phi) is 4.42. The molecule has 1 aliphatic carbocycles. The van der Waals surface area contributed by atoms with Crippen molar-refractivity contribution >= 4 is 11.9 Å². The van der Waals surface area contributed by atoms with Crippen LogP contribution in [0.4, 0.5) is 0 Å². The summed E-state index contributed by atoms with van der Waals surface area (Å²) < 4.78 is 5.28. The number of morpholine rings is 1. The maximum atomic E-state index is 12.4. The number of hydrogen-bond donors (Lipinski definition) is 2. The molecule has 0 bridgehead atoms. The molecule has 19 heavy (non-hydrogen) atoms. The molecule has 0 radical (unpaired) electrons. The first-order valence-corrected chi connectivity index (χ1v) is 6.85. The van der Waals surface area contributed by atoms with Gasteiger partial charge in [-0.05, 0) is 24.8 Å². The number of carbonyl (C=O) groups excluding carboxylic acids is 1. The fraction of sp³-hybridized carbons (Fsp3) is 0.846. The molecule has 2 aliphatic rings. The van der Waals surface area contributed by atoms with E-state index < -0.39 is 5.97 Å². The van der Waals surface area contributed by atoms with Gasteiger partial charge in [0.25, 0.3) is 0 Å². The molecule has 2 fully saturated rings. The average molecular weight is 270 g/mol. The molecule has 1 heterocycles. The predicted octanol–water partition coefficient (Wildman–Crippen LogP) is 0.208. The van der Waals surface area contributed by atoms with Gasteiger partial charge < -0.3 is 20.5 Å². The van der Waals surface area contributed by atoms with E-state index in [2.05, 4.69) is 0 Å². The van der Waals surface area contributed by atoms with Gasteiger partial charge in [0.05, 0.1) is 25.7 Å². The van der Waals surface area contributed by atoms with E-state index in [9.17, 15) is 9.59 Å². The molecular formula is C13H22N2O4. The number of hydrogen-bond acceptors (Lipinski definition) is 4. The van der Waals surface area contributed by atoms with Crippen LogP contribution in [0.2, 0.25) is 0 Å². The van der Waals surface area contributed by atoms with Gasteiger partial charge in [0.1, 0.15) is 0 Å². The van der Waals surface area contributed by atoms with E-state index in [1.807, 2.05) is 0 Å². The summed E-state index contributed by atoms with van der Waals surface area (Å²) in [7, 11) is 0. The first-order valence-electron chi connectivity index (χ1n) is 6.85. The van der Waals surface area contributed by atoms with E-state index >= 15 is 0 Å². The summed E-state index contributed by atoms with van der Waals surface area (Å²) in [6, 6.07) is -0.339. The topological polar surface area (TPSA) is 92.9 Å². The maximum absolute atomic E-state index is 12.4. The fourth-order valence-corrected chi connectivity index (χ4v) is 2.91. The third-order valence-corrected chi connectivity index (χ3v) is 4.33. The van der Waals surface area contributed by atoms with Crippen LogP contribution >= 0.6 is 0 Å². The highest BCUT2D eigenvalue weighted by molar-refractivity contribution is 5.78. The second-order valence-electron chi connectivity index (χ2n) is 5.65. The third kappa shape index (κ3) is 3.25. The first-order chi connectivity index (χ1) is 9.06. The van der Waals surface area contributed by atoms with Gasteiger partial charge >= 0.3 is 5.97 Å². The molecule has 0 aromatic rings. The van der Waals surface area contributed by atoms with Crippen molar-refractivity contribution in [1.29, 1.82) is 0 Å². The van der Waals surface area contributed by atoms with E-state index in [-0.39, 0.29) is 23.8 Å². The minimum atomic E-state index is -0.898. The lowest BCUT2D eigenvalue weighted by atomic mass is 9.66. The Morgan fingerprint density at radius 3 is 2.68 bits per heavy atom. The summed E-state index contributed by atoms with van der Waals surface area (Å²) in [5.74, 6) is -0.870. The number of rotatable bonds is 5. The zero-order valence-electron chi connectivity index (χ0n) is 11.1. The highest BCUT2D eigenvalue weighted by atomic mass is 16.5. The molecule has 6 heteroatoms. The van der Waals surface area contributed by atoms with Crippen molar-refractivity contribution in [2.45, 2.75) is 38.1 Å². The van der Waals surface area contributed by atoms with Crippen LogP contribution in [-0.2, 0) is 14.3 Å². The van der Waals surface area contributed by atoms with Crippen LogP contribution in [0.25, 0.3) is 0 Å². The Labute approximate surface area is 112 Å². The molecule has 3 N–H and O–H groups in total. The molecule has 6 nitrogen and oxygen atoms in total. The van der Waals surface area contributed by atoms with Crippen molar-refractivity contribution < 1.29 is 19.4 Å². The monoisotopic (exact) mass is 270 g/mol. The van der Waals surface area contributed by atoms with Crippen LogP contribution in [0.3, 0.4) is 0 Å². The summed E-state index contributed by atoms with van der Waals surface area (Å²) in [6.07, 6.45) is 3.53. The van der Waals surface area contributed by atoms with Gasteiger partial charge in [0.15, 0.2) is 0 Å². The van der Waals surface area contributed by atoms with E-state index in [4.69, 9.17) is 15.6 Å². The van der Waals surface area contributed by atoms with Crippen molar-refractivity contribution in [3.05, 3.63) is 0 Å². The molecule has 0 aromatic heterocycles. The number of nitrogens with two attached hydrogens (primary N) is 1. The van der Waals surface area contributed by atoms with E-state index in [0.29, 0.717) is 32.7 Å². The second kappa shape index (κ2) is 5.88. The molecule has 0 spiro atoms. The van der Waals surface area contributed by atoms with Crippen molar-refractivity contribution in [3.8, 4) is 0 Å². The Hall–Kier alpha value is -1.14. The first kappa shape index (κ1) is 14.3. The van der Waals surface area contributed by atoms with Gasteiger partial charge in [-0.1, -0.05) is 6.42 Å². The molecule has 0 aromatic carbocycles. The lowest BCUT2D eigenvalue weighted by molar-refractivity contribution is -0.148. The Bertz CT molecular complexity index is 349.